The van der Waals surface area contributed by atoms with Crippen LogP contribution in [-0.2, 0) is 0 Å². The van der Waals surface area contributed by atoms with Crippen LogP contribution in [0.3, 0.4) is 0 Å². The van der Waals surface area contributed by atoms with Crippen molar-refractivity contribution in [1.29, 1.82) is 0 Å². The molecule has 0 spiro atoms. The van der Waals surface area contributed by atoms with E-state index in [1.54, 1.807) is 0 Å². The molecule has 0 saturated heterocycles. The average molecular weight is 236 g/mol. The maximum atomic E-state index is 3.31. The number of rotatable bonds is 3. The Morgan fingerprint density at radius 1 is 1.06 bits per heavy atom. The van der Waals surface area contributed by atoms with Gasteiger partial charge in [-0.05, 0) is 34.5 Å². The molecule has 0 N–H and O–H groups in total. The van der Waals surface area contributed by atoms with Gasteiger partial charge in [-0.2, -0.15) is 0 Å². The van der Waals surface area contributed by atoms with Crippen molar-refractivity contribution >= 4 is 7.92 Å². The van der Waals surface area contributed by atoms with E-state index in [2.05, 4.69) is 59.4 Å². The van der Waals surface area contributed by atoms with Gasteiger partial charge in [-0.25, -0.2) is 0 Å². The molecule has 1 aliphatic carbocycles. The van der Waals surface area contributed by atoms with Gasteiger partial charge in [-0.15, -0.1) is 5.73 Å². The summed E-state index contributed by atoms with van der Waals surface area (Å²) in [7, 11) is 0.0325. The first-order valence-corrected chi connectivity index (χ1v) is 7.64. The molecule has 90 valence electrons. The summed E-state index contributed by atoms with van der Waals surface area (Å²) in [6.45, 7) is 14.3. The van der Waals surface area contributed by atoms with E-state index in [1.165, 1.54) is 18.2 Å². The minimum atomic E-state index is 0.0325. The van der Waals surface area contributed by atoms with E-state index in [0.717, 1.165) is 0 Å². The average Bonchev–Trinajstić information content (AvgIpc) is 2.51. The lowest BCUT2D eigenvalue weighted by molar-refractivity contribution is 0.702. The first-order valence-electron chi connectivity index (χ1n) is 6.11. The highest BCUT2D eigenvalue weighted by atomic mass is 31.1. The van der Waals surface area contributed by atoms with Gasteiger partial charge in [0, 0.05) is 0 Å². The predicted molar refractivity (Wildman–Crippen MR) is 76.6 cm³/mol. The molecule has 0 bridgehead atoms. The van der Waals surface area contributed by atoms with Crippen molar-refractivity contribution in [2.24, 2.45) is 0 Å². The quantitative estimate of drug-likeness (QED) is 0.472. The van der Waals surface area contributed by atoms with Gasteiger partial charge in [0.2, 0.25) is 0 Å². The highest BCUT2D eigenvalue weighted by molar-refractivity contribution is 7.60. The fourth-order valence-electron chi connectivity index (χ4n) is 2.43. The van der Waals surface area contributed by atoms with E-state index in [1.807, 2.05) is 6.08 Å². The minimum Gasteiger partial charge on any atom is -0.117 e. The topological polar surface area (TPSA) is 0 Å². The van der Waals surface area contributed by atoms with Crippen molar-refractivity contribution < 1.29 is 0 Å². The molecule has 0 aromatic heterocycles. The van der Waals surface area contributed by atoms with Gasteiger partial charge in [0.1, 0.15) is 0 Å². The molecule has 0 nitrogen and oxygen atoms in total. The lowest BCUT2D eigenvalue weighted by atomic mass is 10.2. The molecular weight excluding hydrogens is 211 g/mol. The first kappa shape index (κ1) is 13.8. The number of allylic oxidation sites excluding steroid dienone is 3. The zero-order chi connectivity index (χ0) is 12.4. The van der Waals surface area contributed by atoms with Crippen LogP contribution in [0.15, 0.2) is 29.5 Å². The summed E-state index contributed by atoms with van der Waals surface area (Å²) in [5.41, 5.74) is 4.68. The smallest absolute Gasteiger partial charge is 0.00566 e. The van der Waals surface area contributed by atoms with Crippen LogP contribution in [0.25, 0.3) is 0 Å². The van der Waals surface area contributed by atoms with Gasteiger partial charge in [-0.1, -0.05) is 61.6 Å². The van der Waals surface area contributed by atoms with E-state index in [4.69, 9.17) is 0 Å². The summed E-state index contributed by atoms with van der Waals surface area (Å²) in [6.07, 6.45) is 8.81. The van der Waals surface area contributed by atoms with Crippen molar-refractivity contribution in [3.63, 3.8) is 0 Å². The van der Waals surface area contributed by atoms with Crippen molar-refractivity contribution in [3.8, 4) is 0 Å². The first-order chi connectivity index (χ1) is 7.21. The van der Waals surface area contributed by atoms with Crippen LogP contribution in [0, 0.1) is 0 Å². The lowest BCUT2D eigenvalue weighted by Crippen LogP contribution is -2.26. The molecule has 0 radical (unpaired) electrons. The third kappa shape index (κ3) is 3.93. The van der Waals surface area contributed by atoms with E-state index in [-0.39, 0.29) is 7.92 Å². The molecule has 0 aromatic rings. The summed E-state index contributed by atoms with van der Waals surface area (Å²) in [6, 6.07) is 0. The summed E-state index contributed by atoms with van der Waals surface area (Å²) in [5.74, 6) is 0. The maximum Gasteiger partial charge on any atom is -0.00566 e. The van der Waals surface area contributed by atoms with Gasteiger partial charge >= 0.3 is 0 Å². The molecule has 0 aromatic carbocycles. The van der Waals surface area contributed by atoms with Crippen LogP contribution < -0.4 is 0 Å². The van der Waals surface area contributed by atoms with Gasteiger partial charge in [0.15, 0.2) is 0 Å². The Hall–Kier alpha value is -0.310. The zero-order valence-corrected chi connectivity index (χ0v) is 12.5. The third-order valence-electron chi connectivity index (χ3n) is 2.89. The fourth-order valence-corrected chi connectivity index (χ4v) is 6.25. The zero-order valence-electron chi connectivity index (χ0n) is 11.6. The second-order valence-corrected chi connectivity index (χ2v) is 10.4. The lowest BCUT2D eigenvalue weighted by Gasteiger charge is -2.41. The number of hydrogen-bond donors (Lipinski definition) is 0. The van der Waals surface area contributed by atoms with Gasteiger partial charge in [0.25, 0.3) is 0 Å². The van der Waals surface area contributed by atoms with E-state index >= 15 is 0 Å². The Morgan fingerprint density at radius 2 is 1.62 bits per heavy atom. The molecule has 0 saturated carbocycles. The molecule has 0 fully saturated rings. The van der Waals surface area contributed by atoms with Crippen LogP contribution in [0.4, 0.5) is 0 Å². The molecule has 0 unspecified atom stereocenters. The highest BCUT2D eigenvalue weighted by Gasteiger charge is 2.33. The molecule has 0 aliphatic heterocycles. The maximum absolute atomic E-state index is 3.31. The monoisotopic (exact) mass is 236 g/mol. The van der Waals surface area contributed by atoms with Gasteiger partial charge in [-0.3, -0.25) is 0 Å². The predicted octanol–water partition coefficient (Wildman–Crippen LogP) is 5.11. The minimum absolute atomic E-state index is 0.0325. The largest absolute Gasteiger partial charge is 0.117 e. The summed E-state index contributed by atoms with van der Waals surface area (Å²) in [4.78, 5) is 0. The van der Waals surface area contributed by atoms with E-state index in [9.17, 15) is 0 Å². The van der Waals surface area contributed by atoms with Crippen LogP contribution in [0.2, 0.25) is 0 Å². The Balaban J connectivity index is 2.65. The molecule has 1 rings (SSSR count). The van der Waals surface area contributed by atoms with Crippen LogP contribution in [-0.4, -0.2) is 16.5 Å². The van der Waals surface area contributed by atoms with E-state index in [0.29, 0.717) is 10.3 Å². The Kier molecular flexibility index (Phi) is 4.22. The highest BCUT2D eigenvalue weighted by Crippen LogP contribution is 2.59. The molecule has 0 amide bonds. The summed E-state index contributed by atoms with van der Waals surface area (Å²) < 4.78 is 0. The molecule has 0 heterocycles. The second-order valence-electron chi connectivity index (χ2n) is 6.44. The SMILES string of the molecule is CC(C)(C)P(CCC1=C=CC=C1)C(C)(C)C. The molecule has 16 heavy (non-hydrogen) atoms. The third-order valence-corrected chi connectivity index (χ3v) is 6.80. The Labute approximate surface area is 102 Å². The number of hydrogen-bond acceptors (Lipinski definition) is 0. The van der Waals surface area contributed by atoms with Gasteiger partial charge in [0.05, 0.1) is 0 Å². The standard InChI is InChI=1S/C15H25P/c1-14(2,3)16(15(4,5)6)12-11-13-9-7-8-10-13/h7-9H,11-12H2,1-6H3. The van der Waals surface area contributed by atoms with Crippen LogP contribution in [0.1, 0.15) is 48.0 Å². The molecule has 1 aliphatic rings. The van der Waals surface area contributed by atoms with Crippen molar-refractivity contribution in [1.82, 2.24) is 0 Å². The van der Waals surface area contributed by atoms with Crippen LogP contribution in [0.5, 0.6) is 0 Å². The van der Waals surface area contributed by atoms with Crippen molar-refractivity contribution in [2.45, 2.75) is 58.3 Å². The summed E-state index contributed by atoms with van der Waals surface area (Å²) >= 11 is 0. The second kappa shape index (κ2) is 4.91. The van der Waals surface area contributed by atoms with Crippen molar-refractivity contribution in [3.05, 3.63) is 29.5 Å². The van der Waals surface area contributed by atoms with E-state index < -0.39 is 0 Å². The van der Waals surface area contributed by atoms with Crippen LogP contribution >= 0.6 is 7.92 Å². The normalized spacial score (nSPS) is 16.1. The molecule has 1 heteroatoms. The molecular formula is C15H25P. The molecule has 0 atom stereocenters. The Bertz CT molecular complexity index is 313. The Morgan fingerprint density at radius 3 is 2.00 bits per heavy atom. The van der Waals surface area contributed by atoms with Crippen molar-refractivity contribution in [2.75, 3.05) is 6.16 Å². The van der Waals surface area contributed by atoms with Gasteiger partial charge < -0.3 is 0 Å². The fraction of sp³-hybridized carbons (Fsp3) is 0.667. The summed E-state index contributed by atoms with van der Waals surface area (Å²) in [5, 5.41) is 0.889.